The van der Waals surface area contributed by atoms with Crippen molar-refractivity contribution < 1.29 is 28.5 Å². The quantitative estimate of drug-likeness (QED) is 0.275. The molecule has 6 nitrogen and oxygen atoms in total. The van der Waals surface area contributed by atoms with Crippen LogP contribution in [0.3, 0.4) is 0 Å². The van der Waals surface area contributed by atoms with Crippen LogP contribution in [-0.2, 0) is 31.9 Å². The summed E-state index contributed by atoms with van der Waals surface area (Å²) in [5.41, 5.74) is 4.31. The van der Waals surface area contributed by atoms with Crippen LogP contribution in [0, 0.1) is 5.82 Å². The Kier molecular flexibility index (Phi) is 6.88. The summed E-state index contributed by atoms with van der Waals surface area (Å²) in [5, 5.41) is 10.1. The van der Waals surface area contributed by atoms with E-state index in [4.69, 9.17) is 19.3 Å². The smallest absolute Gasteiger partial charge is 0.329 e. The standard InChI is InChI=1S/C33H34FNO5/c1-32(2)21-40-33(17-15-25(16-18-33)38-20-28(36)37)30-29-26(35(31(30)32)24-13-11-23(34)12-14-24)9-6-10-27(29)39-19-22-7-4-3-5-8-22/h3-14,25H,15-21H2,1-2H3,(H,36,37). The number of hydrogen-bond acceptors (Lipinski definition) is 4. The lowest BCUT2D eigenvalue weighted by Gasteiger charge is -2.47. The Morgan fingerprint density at radius 2 is 1.75 bits per heavy atom. The average Bonchev–Trinajstić information content (AvgIpc) is 3.33. The third-order valence-electron chi connectivity index (χ3n) is 8.27. The van der Waals surface area contributed by atoms with Crippen LogP contribution in [0.2, 0.25) is 0 Å². The molecule has 1 N–H and O–H groups in total. The number of carbonyl (C=O) groups is 1. The summed E-state index contributed by atoms with van der Waals surface area (Å²) in [6.07, 6.45) is 2.68. The first kappa shape index (κ1) is 26.5. The third-order valence-corrected chi connectivity index (χ3v) is 8.27. The van der Waals surface area contributed by atoms with Crippen LogP contribution >= 0.6 is 0 Å². The number of aromatic nitrogens is 1. The van der Waals surface area contributed by atoms with Crippen molar-refractivity contribution in [2.75, 3.05) is 13.2 Å². The molecule has 0 atom stereocenters. The largest absolute Gasteiger partial charge is 0.488 e. The molecule has 0 saturated heterocycles. The van der Waals surface area contributed by atoms with Gasteiger partial charge in [-0.1, -0.05) is 50.2 Å². The predicted octanol–water partition coefficient (Wildman–Crippen LogP) is 6.90. The lowest BCUT2D eigenvalue weighted by molar-refractivity contribution is -0.150. The van der Waals surface area contributed by atoms with Gasteiger partial charge in [0, 0.05) is 27.7 Å². The summed E-state index contributed by atoms with van der Waals surface area (Å²) in [4.78, 5) is 11.1. The molecule has 0 bridgehead atoms. The summed E-state index contributed by atoms with van der Waals surface area (Å²) < 4.78 is 35.2. The van der Waals surface area contributed by atoms with Crippen LogP contribution in [0.4, 0.5) is 4.39 Å². The van der Waals surface area contributed by atoms with E-state index in [0.717, 1.165) is 39.2 Å². The number of ether oxygens (including phenoxy) is 3. The Morgan fingerprint density at radius 1 is 1.02 bits per heavy atom. The van der Waals surface area contributed by atoms with Crippen LogP contribution in [-0.4, -0.2) is 35.0 Å². The highest BCUT2D eigenvalue weighted by Gasteiger charge is 2.50. The van der Waals surface area contributed by atoms with Crippen molar-refractivity contribution >= 4 is 16.9 Å². The molecule has 7 heteroatoms. The van der Waals surface area contributed by atoms with Gasteiger partial charge in [0.05, 0.1) is 23.8 Å². The van der Waals surface area contributed by atoms with Gasteiger partial charge in [-0.2, -0.15) is 0 Å². The van der Waals surface area contributed by atoms with E-state index in [9.17, 15) is 9.18 Å². The normalized spacial score (nSPS) is 21.8. The van der Waals surface area contributed by atoms with Crippen LogP contribution in [0.15, 0.2) is 72.8 Å². The van der Waals surface area contributed by atoms with Crippen molar-refractivity contribution in [1.82, 2.24) is 4.57 Å². The first-order valence-corrected chi connectivity index (χ1v) is 13.9. The second-order valence-electron chi connectivity index (χ2n) is 11.5. The number of fused-ring (bicyclic) bond motifs is 4. The highest BCUT2D eigenvalue weighted by molar-refractivity contribution is 5.94. The molecule has 0 unspecified atom stereocenters. The van der Waals surface area contributed by atoms with Crippen LogP contribution in [0.25, 0.3) is 16.6 Å². The molecule has 1 spiro atoms. The van der Waals surface area contributed by atoms with Gasteiger partial charge in [-0.25, -0.2) is 9.18 Å². The fourth-order valence-electron chi connectivity index (χ4n) is 6.37. The first-order chi connectivity index (χ1) is 19.3. The number of hydrogen-bond donors (Lipinski definition) is 1. The van der Waals surface area contributed by atoms with Gasteiger partial charge in [0.15, 0.2) is 0 Å². The molecule has 3 aromatic carbocycles. The number of nitrogens with zero attached hydrogens (tertiary/aromatic N) is 1. The number of carboxylic acid groups (broad SMARTS) is 1. The molecule has 1 saturated carbocycles. The minimum Gasteiger partial charge on any atom is -0.488 e. The van der Waals surface area contributed by atoms with Crippen molar-refractivity contribution in [1.29, 1.82) is 0 Å². The summed E-state index contributed by atoms with van der Waals surface area (Å²) in [6.45, 7) is 5.03. The summed E-state index contributed by atoms with van der Waals surface area (Å²) in [5.74, 6) is -0.455. The molecule has 6 rings (SSSR count). The van der Waals surface area contributed by atoms with Crippen LogP contribution < -0.4 is 4.74 Å². The number of benzene rings is 3. The fraction of sp³-hybridized carbons (Fsp3) is 0.364. The van der Waals surface area contributed by atoms with Crippen molar-refractivity contribution in [3.8, 4) is 11.4 Å². The molecule has 0 radical (unpaired) electrons. The molecule has 1 aromatic heterocycles. The molecule has 1 aliphatic carbocycles. The van der Waals surface area contributed by atoms with E-state index in [1.165, 1.54) is 12.1 Å². The van der Waals surface area contributed by atoms with E-state index in [-0.39, 0.29) is 23.9 Å². The number of aliphatic carboxylic acids is 1. The van der Waals surface area contributed by atoms with E-state index in [0.29, 0.717) is 38.9 Å². The Labute approximate surface area is 233 Å². The lowest BCUT2D eigenvalue weighted by atomic mass is 9.71. The summed E-state index contributed by atoms with van der Waals surface area (Å²) in [6, 6.07) is 22.8. The van der Waals surface area contributed by atoms with Crippen molar-refractivity contribution in [2.45, 2.75) is 63.3 Å². The Balaban J connectivity index is 1.52. The minimum absolute atomic E-state index is 0.122. The molecule has 1 fully saturated rings. The zero-order chi connectivity index (χ0) is 27.9. The van der Waals surface area contributed by atoms with Gasteiger partial charge in [0.2, 0.25) is 0 Å². The SMILES string of the molecule is CC1(C)COC2(CCC(OCC(=O)O)CC2)c2c1n(-c1ccc(F)cc1)c1cccc(OCc3ccccc3)c21. The maximum Gasteiger partial charge on any atom is 0.329 e. The summed E-state index contributed by atoms with van der Waals surface area (Å²) >= 11 is 0. The second kappa shape index (κ2) is 10.4. The zero-order valence-electron chi connectivity index (χ0n) is 22.9. The van der Waals surface area contributed by atoms with Gasteiger partial charge in [-0.05, 0) is 67.6 Å². The van der Waals surface area contributed by atoms with E-state index in [1.807, 2.05) is 54.6 Å². The van der Waals surface area contributed by atoms with E-state index in [1.54, 1.807) is 0 Å². The van der Waals surface area contributed by atoms with Gasteiger partial charge < -0.3 is 23.9 Å². The highest BCUT2D eigenvalue weighted by atomic mass is 19.1. The number of rotatable bonds is 7. The zero-order valence-corrected chi connectivity index (χ0v) is 22.9. The molecular weight excluding hydrogens is 509 g/mol. The summed E-state index contributed by atoms with van der Waals surface area (Å²) in [7, 11) is 0. The monoisotopic (exact) mass is 543 g/mol. The molecule has 208 valence electrons. The van der Waals surface area contributed by atoms with Crippen LogP contribution in [0.5, 0.6) is 5.75 Å². The van der Waals surface area contributed by atoms with Gasteiger partial charge in [-0.3, -0.25) is 0 Å². The van der Waals surface area contributed by atoms with Gasteiger partial charge in [-0.15, -0.1) is 0 Å². The lowest BCUT2D eigenvalue weighted by Crippen LogP contribution is -2.46. The van der Waals surface area contributed by atoms with Gasteiger partial charge >= 0.3 is 5.97 Å². The highest BCUT2D eigenvalue weighted by Crippen LogP contribution is 2.55. The van der Waals surface area contributed by atoms with Gasteiger partial charge in [0.1, 0.15) is 24.8 Å². The first-order valence-electron chi connectivity index (χ1n) is 13.9. The number of carboxylic acids is 1. The molecule has 40 heavy (non-hydrogen) atoms. The molecule has 2 heterocycles. The maximum absolute atomic E-state index is 14.0. The average molecular weight is 544 g/mol. The van der Waals surface area contributed by atoms with Crippen LogP contribution in [0.1, 0.15) is 56.4 Å². The topological polar surface area (TPSA) is 69.9 Å². The van der Waals surface area contributed by atoms with Crippen molar-refractivity contribution in [3.63, 3.8) is 0 Å². The molecule has 0 amide bonds. The third kappa shape index (κ3) is 4.78. The molecule has 2 aliphatic rings. The molecule has 4 aromatic rings. The molecule has 1 aliphatic heterocycles. The predicted molar refractivity (Wildman–Crippen MR) is 151 cm³/mol. The molecular formula is C33H34FNO5. The van der Waals surface area contributed by atoms with E-state index >= 15 is 0 Å². The van der Waals surface area contributed by atoms with Crippen molar-refractivity contribution in [2.24, 2.45) is 0 Å². The maximum atomic E-state index is 14.0. The van der Waals surface area contributed by atoms with E-state index < -0.39 is 11.6 Å². The minimum atomic E-state index is -0.958. The Morgan fingerprint density at radius 3 is 2.45 bits per heavy atom. The van der Waals surface area contributed by atoms with E-state index in [2.05, 4.69) is 24.5 Å². The number of halogens is 1. The Bertz CT molecular complexity index is 1520. The fourth-order valence-corrected chi connectivity index (χ4v) is 6.37. The van der Waals surface area contributed by atoms with Gasteiger partial charge in [0.25, 0.3) is 0 Å². The van der Waals surface area contributed by atoms with Crippen molar-refractivity contribution in [3.05, 3.63) is 95.4 Å². The Hall–Kier alpha value is -3.68. The second-order valence-corrected chi connectivity index (χ2v) is 11.5.